The second kappa shape index (κ2) is 8.19. The van der Waals surface area contributed by atoms with E-state index < -0.39 is 10.0 Å². The first-order chi connectivity index (χ1) is 14.7. The van der Waals surface area contributed by atoms with Crippen molar-refractivity contribution in [1.82, 2.24) is 9.78 Å². The van der Waals surface area contributed by atoms with E-state index in [9.17, 15) is 8.42 Å². The Hall–Kier alpha value is -3.13. The molecule has 0 saturated heterocycles. The molecule has 0 spiro atoms. The lowest BCUT2D eigenvalue weighted by Gasteiger charge is -2.12. The molecule has 3 aromatic carbocycles. The molecular formula is C23H21ClN4O2S. The second-order valence-corrected chi connectivity index (χ2v) is 9.32. The molecule has 0 aliphatic rings. The second-order valence-electron chi connectivity index (χ2n) is 7.32. The van der Waals surface area contributed by atoms with Crippen LogP contribution in [0.2, 0.25) is 5.02 Å². The van der Waals surface area contributed by atoms with Crippen molar-refractivity contribution in [3.63, 3.8) is 0 Å². The van der Waals surface area contributed by atoms with Gasteiger partial charge in [0.25, 0.3) is 0 Å². The van der Waals surface area contributed by atoms with Crippen molar-refractivity contribution < 1.29 is 8.42 Å². The van der Waals surface area contributed by atoms with E-state index in [2.05, 4.69) is 6.07 Å². The van der Waals surface area contributed by atoms with Crippen LogP contribution >= 0.6 is 11.6 Å². The fourth-order valence-corrected chi connectivity index (χ4v) is 3.91. The van der Waals surface area contributed by atoms with Crippen LogP contribution in [0, 0.1) is 0 Å². The molecule has 0 bridgehead atoms. The summed E-state index contributed by atoms with van der Waals surface area (Å²) in [5.41, 5.74) is 5.34. The van der Waals surface area contributed by atoms with Crippen molar-refractivity contribution in [3.05, 3.63) is 83.9 Å². The maximum absolute atomic E-state index is 11.6. The summed E-state index contributed by atoms with van der Waals surface area (Å²) in [7, 11) is 0.211. The number of nitrogens with two attached hydrogens (primary N) is 1. The monoisotopic (exact) mass is 452 g/mol. The minimum Gasteiger partial charge on any atom is -0.378 e. The average Bonchev–Trinajstić information content (AvgIpc) is 3.19. The highest BCUT2D eigenvalue weighted by molar-refractivity contribution is 7.89. The topological polar surface area (TPSA) is 81.2 Å². The van der Waals surface area contributed by atoms with Crippen LogP contribution in [0.25, 0.3) is 28.2 Å². The first-order valence-electron chi connectivity index (χ1n) is 9.49. The van der Waals surface area contributed by atoms with Crippen molar-refractivity contribution in [3.8, 4) is 28.2 Å². The van der Waals surface area contributed by atoms with Gasteiger partial charge in [-0.25, -0.2) is 18.2 Å². The van der Waals surface area contributed by atoms with E-state index in [1.807, 2.05) is 67.5 Å². The molecule has 0 fully saturated rings. The molecule has 1 heterocycles. The zero-order valence-electron chi connectivity index (χ0n) is 17.0. The lowest BCUT2D eigenvalue weighted by Crippen LogP contribution is -2.12. The number of aromatic nitrogens is 2. The smallest absolute Gasteiger partial charge is 0.238 e. The number of benzene rings is 3. The van der Waals surface area contributed by atoms with Crippen LogP contribution in [-0.2, 0) is 10.0 Å². The van der Waals surface area contributed by atoms with Crippen LogP contribution in [0.3, 0.4) is 0 Å². The van der Waals surface area contributed by atoms with E-state index in [1.54, 1.807) is 16.8 Å². The Morgan fingerprint density at radius 2 is 1.58 bits per heavy atom. The summed E-state index contributed by atoms with van der Waals surface area (Å²) in [5, 5.41) is 10.7. The molecule has 6 nitrogen and oxygen atoms in total. The fraction of sp³-hybridized carbons (Fsp3) is 0.0870. The number of hydrogen-bond acceptors (Lipinski definition) is 4. The molecule has 0 aliphatic carbocycles. The molecule has 0 saturated carbocycles. The van der Waals surface area contributed by atoms with Gasteiger partial charge in [0.1, 0.15) is 0 Å². The van der Waals surface area contributed by atoms with Crippen molar-refractivity contribution in [1.29, 1.82) is 0 Å². The average molecular weight is 453 g/mol. The van der Waals surface area contributed by atoms with Gasteiger partial charge in [0.15, 0.2) is 0 Å². The predicted octanol–water partition coefficient (Wildman–Crippen LogP) is 4.57. The number of hydrogen-bond donors (Lipinski definition) is 1. The van der Waals surface area contributed by atoms with E-state index in [-0.39, 0.29) is 4.90 Å². The van der Waals surface area contributed by atoms with Gasteiger partial charge in [-0.3, -0.25) is 0 Å². The van der Waals surface area contributed by atoms with Gasteiger partial charge in [0.2, 0.25) is 10.0 Å². The van der Waals surface area contributed by atoms with Gasteiger partial charge in [-0.1, -0.05) is 35.9 Å². The van der Waals surface area contributed by atoms with Crippen LogP contribution in [0.5, 0.6) is 0 Å². The van der Waals surface area contributed by atoms with Crippen LogP contribution in [0.15, 0.2) is 83.8 Å². The summed E-state index contributed by atoms with van der Waals surface area (Å²) >= 11 is 6.07. The molecule has 4 aromatic rings. The van der Waals surface area contributed by atoms with Gasteiger partial charge < -0.3 is 4.90 Å². The highest BCUT2D eigenvalue weighted by Crippen LogP contribution is 2.31. The molecule has 1 aromatic heterocycles. The molecule has 0 radical (unpaired) electrons. The number of nitrogens with zero attached hydrogens (tertiary/aromatic N) is 3. The maximum atomic E-state index is 11.6. The number of anilines is 1. The number of halogens is 1. The first-order valence-corrected chi connectivity index (χ1v) is 11.4. The minimum atomic E-state index is -3.77. The standard InChI is InChI=1S/C23H21ClN4O2S/c1-27(2)20-5-3-4-17(14-20)22-15-23(16-6-8-18(24)9-7-16)28(26-22)19-10-12-21(13-11-19)31(25,29)30/h3-15H,1-2H3,(H2,25,29,30). The van der Waals surface area contributed by atoms with E-state index in [4.69, 9.17) is 21.8 Å². The summed E-state index contributed by atoms with van der Waals surface area (Å²) in [6.45, 7) is 0. The number of sulfonamides is 1. The maximum Gasteiger partial charge on any atom is 0.238 e. The summed E-state index contributed by atoms with van der Waals surface area (Å²) in [6.07, 6.45) is 0. The van der Waals surface area contributed by atoms with Crippen LogP contribution < -0.4 is 10.0 Å². The molecule has 0 atom stereocenters. The van der Waals surface area contributed by atoms with Crippen molar-refractivity contribution in [2.45, 2.75) is 4.90 Å². The quantitative estimate of drug-likeness (QED) is 0.480. The van der Waals surface area contributed by atoms with E-state index in [0.29, 0.717) is 10.7 Å². The third-order valence-corrected chi connectivity index (χ3v) is 6.10. The van der Waals surface area contributed by atoms with Gasteiger partial charge in [0, 0.05) is 35.9 Å². The molecule has 31 heavy (non-hydrogen) atoms. The number of primary sulfonamides is 1. The third-order valence-electron chi connectivity index (χ3n) is 4.92. The Morgan fingerprint density at radius 1 is 0.903 bits per heavy atom. The third kappa shape index (κ3) is 4.49. The van der Waals surface area contributed by atoms with Crippen LogP contribution in [0.4, 0.5) is 5.69 Å². The van der Waals surface area contributed by atoms with Gasteiger partial charge >= 0.3 is 0 Å². The summed E-state index contributed by atoms with van der Waals surface area (Å²) in [5.74, 6) is 0. The Bertz CT molecular complexity index is 1330. The van der Waals surface area contributed by atoms with Crippen molar-refractivity contribution in [2.24, 2.45) is 5.14 Å². The van der Waals surface area contributed by atoms with Gasteiger partial charge in [-0.15, -0.1) is 0 Å². The lowest BCUT2D eigenvalue weighted by atomic mass is 10.1. The van der Waals surface area contributed by atoms with Crippen LogP contribution in [-0.4, -0.2) is 32.3 Å². The summed E-state index contributed by atoms with van der Waals surface area (Å²) in [4.78, 5) is 2.09. The highest BCUT2D eigenvalue weighted by atomic mass is 35.5. The Kier molecular flexibility index (Phi) is 5.58. The van der Waals surface area contributed by atoms with Gasteiger partial charge in [-0.2, -0.15) is 5.10 Å². The van der Waals surface area contributed by atoms with Crippen LogP contribution in [0.1, 0.15) is 0 Å². The van der Waals surface area contributed by atoms with E-state index in [0.717, 1.165) is 28.2 Å². The summed E-state index contributed by atoms with van der Waals surface area (Å²) < 4.78 is 25.0. The molecule has 158 valence electrons. The van der Waals surface area contributed by atoms with Gasteiger partial charge in [-0.05, 0) is 54.6 Å². The predicted molar refractivity (Wildman–Crippen MR) is 125 cm³/mol. The molecule has 0 amide bonds. The van der Waals surface area contributed by atoms with E-state index in [1.165, 1.54) is 12.1 Å². The Morgan fingerprint density at radius 3 is 2.19 bits per heavy atom. The largest absolute Gasteiger partial charge is 0.378 e. The minimum absolute atomic E-state index is 0.0513. The molecule has 0 aliphatic heterocycles. The molecule has 2 N–H and O–H groups in total. The first kappa shape index (κ1) is 21.1. The Labute approximate surface area is 186 Å². The van der Waals surface area contributed by atoms with Crippen molar-refractivity contribution in [2.75, 3.05) is 19.0 Å². The van der Waals surface area contributed by atoms with Gasteiger partial charge in [0.05, 0.1) is 22.0 Å². The Balaban J connectivity index is 1.87. The molecule has 0 unspecified atom stereocenters. The van der Waals surface area contributed by atoms with Crippen molar-refractivity contribution >= 4 is 27.3 Å². The molecule has 4 rings (SSSR count). The molecule has 8 heteroatoms. The zero-order chi connectivity index (χ0) is 22.2. The molecular weight excluding hydrogens is 432 g/mol. The number of rotatable bonds is 5. The normalized spacial score (nSPS) is 11.5. The lowest BCUT2D eigenvalue weighted by molar-refractivity contribution is 0.598. The fourth-order valence-electron chi connectivity index (χ4n) is 3.27. The van der Waals surface area contributed by atoms with E-state index >= 15 is 0 Å². The highest BCUT2D eigenvalue weighted by Gasteiger charge is 2.15. The SMILES string of the molecule is CN(C)c1cccc(-c2cc(-c3ccc(Cl)cc3)n(-c3ccc(S(N)(=O)=O)cc3)n2)c1. The zero-order valence-corrected chi connectivity index (χ0v) is 18.6. The summed E-state index contributed by atoms with van der Waals surface area (Å²) in [6, 6.07) is 23.9.